The van der Waals surface area contributed by atoms with Gasteiger partial charge >= 0.3 is 0 Å². The number of carbonyl (C=O) groups is 2. The van der Waals surface area contributed by atoms with Crippen LogP contribution in [0.15, 0.2) is 71.6 Å². The van der Waals surface area contributed by atoms with Crippen LogP contribution in [0.4, 0.5) is 5.69 Å². The van der Waals surface area contributed by atoms with Gasteiger partial charge in [-0.15, -0.1) is 0 Å². The van der Waals surface area contributed by atoms with Crippen molar-refractivity contribution < 1.29 is 18.0 Å². The lowest BCUT2D eigenvalue weighted by atomic mass is 10.0. The predicted octanol–water partition coefficient (Wildman–Crippen LogP) is 6.29. The molecular weight excluding hydrogens is 543 g/mol. The number of amides is 2. The van der Waals surface area contributed by atoms with Crippen molar-refractivity contribution >= 4 is 62.3 Å². The largest absolute Gasteiger partial charge is 0.274 e. The summed E-state index contributed by atoms with van der Waals surface area (Å²) in [6, 6.07) is 16.5. The van der Waals surface area contributed by atoms with E-state index in [9.17, 15) is 18.0 Å². The number of rotatable bonds is 7. The molecule has 6 nitrogen and oxygen atoms in total. The lowest BCUT2D eigenvalue weighted by Crippen LogP contribution is -2.45. The molecule has 1 aliphatic heterocycles. The maximum absolute atomic E-state index is 13.9. The number of hydrogen-bond donors (Lipinski definition) is 0. The normalized spacial score (nSPS) is 16.4. The molecule has 4 rings (SSSR count). The van der Waals surface area contributed by atoms with Crippen molar-refractivity contribution in [3.63, 3.8) is 0 Å². The number of sulfonamides is 1. The van der Waals surface area contributed by atoms with Crippen LogP contribution in [0.25, 0.3) is 0 Å². The molecule has 0 radical (unpaired) electrons. The highest BCUT2D eigenvalue weighted by molar-refractivity contribution is 7.89. The molecule has 188 valence electrons. The predicted molar refractivity (Wildman–Crippen MR) is 142 cm³/mol. The highest BCUT2D eigenvalue weighted by atomic mass is 35.5. The summed E-state index contributed by atoms with van der Waals surface area (Å²) >= 11 is 18.6. The number of hydrogen-bond acceptors (Lipinski definition) is 4. The second-order valence-electron chi connectivity index (χ2n) is 8.75. The van der Waals surface area contributed by atoms with Crippen LogP contribution in [-0.4, -0.2) is 30.6 Å². The van der Waals surface area contributed by atoms with E-state index in [2.05, 4.69) is 0 Å². The van der Waals surface area contributed by atoms with Crippen LogP contribution in [0.2, 0.25) is 15.1 Å². The summed E-state index contributed by atoms with van der Waals surface area (Å²) in [6.07, 6.45) is -0.327. The van der Waals surface area contributed by atoms with E-state index in [-0.39, 0.29) is 33.8 Å². The van der Waals surface area contributed by atoms with E-state index >= 15 is 0 Å². The summed E-state index contributed by atoms with van der Waals surface area (Å²) < 4.78 is 28.7. The fourth-order valence-corrected chi connectivity index (χ4v) is 6.57. The van der Waals surface area contributed by atoms with Crippen LogP contribution < -0.4 is 4.90 Å². The molecule has 0 aliphatic carbocycles. The quantitative estimate of drug-likeness (QED) is 0.315. The van der Waals surface area contributed by atoms with Gasteiger partial charge in [0.2, 0.25) is 15.9 Å². The van der Waals surface area contributed by atoms with Crippen molar-refractivity contribution in [3.05, 3.63) is 92.9 Å². The molecule has 10 heteroatoms. The number of benzene rings is 3. The zero-order valence-corrected chi connectivity index (χ0v) is 22.6. The van der Waals surface area contributed by atoms with Gasteiger partial charge in [-0.1, -0.05) is 79.0 Å². The molecule has 0 N–H and O–H groups in total. The first-order valence-electron chi connectivity index (χ1n) is 11.2. The molecule has 3 aromatic rings. The minimum absolute atomic E-state index is 0.0542. The lowest BCUT2D eigenvalue weighted by molar-refractivity contribution is -0.122. The maximum atomic E-state index is 13.9. The second kappa shape index (κ2) is 10.5. The van der Waals surface area contributed by atoms with Gasteiger partial charge < -0.3 is 0 Å². The minimum Gasteiger partial charge on any atom is -0.274 e. The van der Waals surface area contributed by atoms with Crippen LogP contribution in [0, 0.1) is 0 Å². The van der Waals surface area contributed by atoms with Crippen LogP contribution in [0.1, 0.15) is 37.3 Å². The zero-order chi connectivity index (χ0) is 26.2. The first kappa shape index (κ1) is 26.6. The first-order chi connectivity index (χ1) is 17.0. The fraction of sp³-hybridized carbons (Fsp3) is 0.231. The Hall–Kier alpha value is -2.42. The van der Waals surface area contributed by atoms with Crippen molar-refractivity contribution in [1.29, 1.82) is 0 Å². The van der Waals surface area contributed by atoms with Gasteiger partial charge in [0.1, 0.15) is 10.9 Å². The molecule has 0 saturated carbocycles. The van der Waals surface area contributed by atoms with Crippen molar-refractivity contribution in [2.45, 2.75) is 43.7 Å². The highest BCUT2D eigenvalue weighted by Gasteiger charge is 2.47. The molecule has 3 aromatic carbocycles. The summed E-state index contributed by atoms with van der Waals surface area (Å²) in [4.78, 5) is 27.4. The number of imide groups is 1. The minimum atomic E-state index is -4.37. The van der Waals surface area contributed by atoms with E-state index in [0.29, 0.717) is 16.3 Å². The third kappa shape index (κ3) is 5.17. The van der Waals surface area contributed by atoms with Gasteiger partial charge in [0.25, 0.3) is 5.91 Å². The average molecular weight is 566 g/mol. The van der Waals surface area contributed by atoms with E-state index in [1.165, 1.54) is 18.2 Å². The molecule has 0 spiro atoms. The summed E-state index contributed by atoms with van der Waals surface area (Å²) in [5.74, 6) is -0.875. The molecule has 1 unspecified atom stereocenters. The van der Waals surface area contributed by atoms with E-state index in [0.717, 1.165) is 14.8 Å². The topological polar surface area (TPSA) is 74.8 Å². The average Bonchev–Trinajstić information content (AvgIpc) is 3.13. The third-order valence-electron chi connectivity index (χ3n) is 6.05. The molecule has 1 heterocycles. The van der Waals surface area contributed by atoms with Crippen molar-refractivity contribution in [2.24, 2.45) is 0 Å². The summed E-state index contributed by atoms with van der Waals surface area (Å²) in [5.41, 5.74) is 1.90. The van der Waals surface area contributed by atoms with Gasteiger partial charge in [-0.3, -0.25) is 9.59 Å². The standard InChI is InChI=1S/C26H23Cl3N2O4S/c1-16(2)17-7-10-20(11-8-17)31-25(32)14-23(26(31)33)30(15-18-5-3-4-6-21(18)28)36(34,35)24-13-19(27)9-12-22(24)29/h3-13,16,23H,14-15H2,1-2H3. The van der Waals surface area contributed by atoms with Crippen LogP contribution >= 0.6 is 34.8 Å². The number of halogens is 3. The van der Waals surface area contributed by atoms with Gasteiger partial charge in [-0.05, 0) is 53.4 Å². The zero-order valence-electron chi connectivity index (χ0n) is 19.5. The summed E-state index contributed by atoms with van der Waals surface area (Å²) in [6.45, 7) is 3.83. The van der Waals surface area contributed by atoms with Gasteiger partial charge in [-0.25, -0.2) is 13.3 Å². The maximum Gasteiger partial charge on any atom is 0.252 e. The second-order valence-corrected chi connectivity index (χ2v) is 11.9. The Morgan fingerprint density at radius 1 is 0.944 bits per heavy atom. The number of nitrogens with zero attached hydrogens (tertiary/aromatic N) is 2. The van der Waals surface area contributed by atoms with Crippen molar-refractivity contribution in [3.8, 4) is 0 Å². The monoisotopic (exact) mass is 564 g/mol. The fourth-order valence-electron chi connectivity index (χ4n) is 4.08. The Bertz CT molecular complexity index is 1430. The third-order valence-corrected chi connectivity index (χ3v) is 8.99. The molecule has 1 aliphatic rings. The first-order valence-corrected chi connectivity index (χ1v) is 13.7. The molecule has 0 aromatic heterocycles. The van der Waals surface area contributed by atoms with E-state index in [1.54, 1.807) is 36.4 Å². The van der Waals surface area contributed by atoms with Crippen molar-refractivity contribution in [2.75, 3.05) is 4.90 Å². The van der Waals surface area contributed by atoms with Gasteiger partial charge in [0, 0.05) is 16.6 Å². The van der Waals surface area contributed by atoms with Crippen LogP contribution in [-0.2, 0) is 26.2 Å². The van der Waals surface area contributed by atoms with Crippen LogP contribution in [0.5, 0.6) is 0 Å². The Balaban J connectivity index is 1.78. The van der Waals surface area contributed by atoms with Gasteiger partial charge in [0.05, 0.1) is 17.1 Å². The summed E-state index contributed by atoms with van der Waals surface area (Å²) in [5, 5.41) is 0.436. The number of carbonyl (C=O) groups excluding carboxylic acids is 2. The van der Waals surface area contributed by atoms with E-state index < -0.39 is 27.9 Å². The Morgan fingerprint density at radius 2 is 1.61 bits per heavy atom. The lowest BCUT2D eigenvalue weighted by Gasteiger charge is -2.27. The van der Waals surface area contributed by atoms with Gasteiger partial charge in [-0.2, -0.15) is 4.31 Å². The molecule has 1 fully saturated rings. The number of anilines is 1. The molecule has 0 bridgehead atoms. The van der Waals surface area contributed by atoms with Crippen LogP contribution in [0.3, 0.4) is 0 Å². The Labute approximate surface area is 225 Å². The molecule has 36 heavy (non-hydrogen) atoms. The summed E-state index contributed by atoms with van der Waals surface area (Å²) in [7, 11) is -4.37. The molecule has 2 amide bonds. The Morgan fingerprint density at radius 3 is 2.25 bits per heavy atom. The molecule has 1 atom stereocenters. The van der Waals surface area contributed by atoms with Gasteiger partial charge in [0.15, 0.2) is 0 Å². The molecule has 1 saturated heterocycles. The SMILES string of the molecule is CC(C)c1ccc(N2C(=O)CC(N(Cc3ccccc3Cl)S(=O)(=O)c3cc(Cl)ccc3Cl)C2=O)cc1. The Kier molecular flexibility index (Phi) is 7.78. The van der Waals surface area contributed by atoms with E-state index in [4.69, 9.17) is 34.8 Å². The smallest absolute Gasteiger partial charge is 0.252 e. The highest BCUT2D eigenvalue weighted by Crippen LogP contribution is 2.35. The molecular formula is C26H23Cl3N2O4S. The van der Waals surface area contributed by atoms with Crippen molar-refractivity contribution in [1.82, 2.24) is 4.31 Å². The van der Waals surface area contributed by atoms with E-state index in [1.807, 2.05) is 26.0 Å².